The van der Waals surface area contributed by atoms with Gasteiger partial charge in [-0.1, -0.05) is 101 Å². The smallest absolute Gasteiger partial charge is 0.264 e. The lowest BCUT2D eigenvalue weighted by Gasteiger charge is -2.35. The van der Waals surface area contributed by atoms with Crippen molar-refractivity contribution in [1.29, 1.82) is 0 Å². The van der Waals surface area contributed by atoms with Crippen molar-refractivity contribution in [2.75, 3.05) is 10.8 Å². The number of amides is 2. The van der Waals surface area contributed by atoms with E-state index in [1.54, 1.807) is 36.4 Å². The molecule has 1 atom stereocenters. The van der Waals surface area contributed by atoms with Crippen LogP contribution in [0.1, 0.15) is 31.9 Å². The number of nitrogens with one attached hydrogen (secondary N) is 1. The van der Waals surface area contributed by atoms with E-state index < -0.39 is 40.0 Å². The fourth-order valence-electron chi connectivity index (χ4n) is 4.77. The van der Waals surface area contributed by atoms with Crippen molar-refractivity contribution < 1.29 is 18.0 Å². The zero-order chi connectivity index (χ0) is 33.6. The Hall–Kier alpha value is -3.27. The molecular formula is C34H33Cl4N3O4S. The fourth-order valence-corrected chi connectivity index (χ4v) is 7.17. The number of carbonyl (C=O) groups excluding carboxylic acids is 2. The zero-order valence-corrected chi connectivity index (χ0v) is 29.2. The SMILES string of the molecule is CC(C)(C)NC(=O)[C@H](Cc1ccccc1)N(Cc1ccc(Cl)cc1Cl)C(=O)CN(c1cc(Cl)cc(Cl)c1)S(=O)(=O)c1ccccc1. The maximum Gasteiger partial charge on any atom is 0.264 e. The minimum absolute atomic E-state index is 0.0440. The molecule has 0 saturated heterocycles. The van der Waals surface area contributed by atoms with Crippen LogP contribution in [0.25, 0.3) is 0 Å². The average molecular weight is 722 g/mol. The van der Waals surface area contributed by atoms with E-state index in [4.69, 9.17) is 46.4 Å². The highest BCUT2D eigenvalue weighted by Gasteiger charge is 2.36. The molecule has 2 amide bonds. The number of rotatable bonds is 11. The van der Waals surface area contributed by atoms with Crippen LogP contribution in [0, 0.1) is 0 Å². The summed E-state index contributed by atoms with van der Waals surface area (Å²) in [5.41, 5.74) is 0.771. The van der Waals surface area contributed by atoms with Gasteiger partial charge in [-0.15, -0.1) is 0 Å². The predicted molar refractivity (Wildman–Crippen MR) is 186 cm³/mol. The van der Waals surface area contributed by atoms with Gasteiger partial charge < -0.3 is 10.2 Å². The summed E-state index contributed by atoms with van der Waals surface area (Å²) < 4.78 is 29.1. The first kappa shape index (κ1) is 35.6. The molecule has 0 aliphatic rings. The van der Waals surface area contributed by atoms with Gasteiger partial charge >= 0.3 is 0 Å². The van der Waals surface area contributed by atoms with E-state index in [1.807, 2.05) is 51.1 Å². The van der Waals surface area contributed by atoms with E-state index in [9.17, 15) is 18.0 Å². The molecule has 7 nitrogen and oxygen atoms in total. The van der Waals surface area contributed by atoms with Gasteiger partial charge in [-0.2, -0.15) is 0 Å². The van der Waals surface area contributed by atoms with Crippen molar-refractivity contribution in [3.8, 4) is 0 Å². The number of anilines is 1. The lowest BCUT2D eigenvalue weighted by Crippen LogP contribution is -2.56. The van der Waals surface area contributed by atoms with Crippen LogP contribution < -0.4 is 9.62 Å². The monoisotopic (exact) mass is 719 g/mol. The Labute approximate surface area is 290 Å². The summed E-state index contributed by atoms with van der Waals surface area (Å²) in [4.78, 5) is 29.8. The summed E-state index contributed by atoms with van der Waals surface area (Å²) in [6.07, 6.45) is 0.147. The van der Waals surface area contributed by atoms with Crippen LogP contribution in [0.15, 0.2) is 102 Å². The Morgan fingerprint density at radius 1 is 0.783 bits per heavy atom. The minimum atomic E-state index is -4.31. The van der Waals surface area contributed by atoms with Crippen LogP contribution in [0.5, 0.6) is 0 Å². The first-order valence-corrected chi connectivity index (χ1v) is 17.2. The third-order valence-corrected chi connectivity index (χ3v) is 9.68. The van der Waals surface area contributed by atoms with Gasteiger partial charge in [0.25, 0.3) is 10.0 Å². The van der Waals surface area contributed by atoms with Crippen molar-refractivity contribution in [3.63, 3.8) is 0 Å². The molecule has 0 heterocycles. The summed E-state index contributed by atoms with van der Waals surface area (Å²) in [7, 11) is -4.31. The highest BCUT2D eigenvalue weighted by atomic mass is 35.5. The van der Waals surface area contributed by atoms with E-state index in [1.165, 1.54) is 35.2 Å². The molecule has 0 aliphatic carbocycles. The highest BCUT2D eigenvalue weighted by Crippen LogP contribution is 2.31. The van der Waals surface area contributed by atoms with Crippen LogP contribution in [0.2, 0.25) is 20.1 Å². The summed E-state index contributed by atoms with van der Waals surface area (Å²) in [5, 5.41) is 4.03. The summed E-state index contributed by atoms with van der Waals surface area (Å²) >= 11 is 25.3. The van der Waals surface area contributed by atoms with E-state index >= 15 is 0 Å². The number of sulfonamides is 1. The quantitative estimate of drug-likeness (QED) is 0.170. The van der Waals surface area contributed by atoms with Crippen molar-refractivity contribution in [2.45, 2.75) is 50.2 Å². The summed E-state index contributed by atoms with van der Waals surface area (Å²) in [6.45, 7) is 4.73. The minimum Gasteiger partial charge on any atom is -0.350 e. The van der Waals surface area contributed by atoms with Gasteiger partial charge in [0, 0.05) is 38.6 Å². The van der Waals surface area contributed by atoms with Crippen molar-refractivity contribution in [1.82, 2.24) is 10.2 Å². The Bertz CT molecular complexity index is 1780. The molecule has 4 aromatic carbocycles. The molecular weight excluding hydrogens is 688 g/mol. The number of hydrogen-bond donors (Lipinski definition) is 1. The number of halogens is 4. The van der Waals surface area contributed by atoms with E-state index in [0.29, 0.717) is 10.6 Å². The van der Waals surface area contributed by atoms with Crippen LogP contribution in [0.3, 0.4) is 0 Å². The largest absolute Gasteiger partial charge is 0.350 e. The standard InChI is InChI=1S/C34H33Cl4N3O4S/c1-34(2,3)39-33(43)31(16-23-10-6-4-7-11-23)40(21-24-14-15-25(35)20-30(24)38)32(42)22-41(28-18-26(36)17-27(37)19-28)46(44,45)29-12-8-5-9-13-29/h4-15,17-20,31H,16,21-22H2,1-3H3,(H,39,43)/t31-/m0/s1. The molecule has 0 bridgehead atoms. The Balaban J connectivity index is 1.86. The van der Waals surface area contributed by atoms with Crippen LogP contribution in [-0.2, 0) is 32.6 Å². The second-order valence-corrected chi connectivity index (χ2v) is 15.2. The maximum absolute atomic E-state index is 14.6. The molecule has 4 rings (SSSR count). The fraction of sp³-hybridized carbons (Fsp3) is 0.235. The molecule has 0 aromatic heterocycles. The van der Waals surface area contributed by atoms with Gasteiger partial charge in [0.15, 0.2) is 0 Å². The van der Waals surface area contributed by atoms with Gasteiger partial charge in [-0.25, -0.2) is 8.42 Å². The van der Waals surface area contributed by atoms with Crippen LogP contribution >= 0.6 is 46.4 Å². The number of nitrogens with zero attached hydrogens (tertiary/aromatic N) is 2. The molecule has 12 heteroatoms. The molecule has 0 saturated carbocycles. The van der Waals surface area contributed by atoms with Crippen molar-refractivity contribution >= 4 is 73.9 Å². The lowest BCUT2D eigenvalue weighted by atomic mass is 10.0. The van der Waals surface area contributed by atoms with E-state index in [0.717, 1.165) is 9.87 Å². The average Bonchev–Trinajstić information content (AvgIpc) is 2.98. The van der Waals surface area contributed by atoms with Crippen LogP contribution in [0.4, 0.5) is 5.69 Å². The first-order valence-electron chi connectivity index (χ1n) is 14.3. The Morgan fingerprint density at radius 3 is 1.93 bits per heavy atom. The molecule has 1 N–H and O–H groups in total. The third-order valence-electron chi connectivity index (χ3n) is 6.87. The Kier molecular flexibility index (Phi) is 11.7. The lowest BCUT2D eigenvalue weighted by molar-refractivity contribution is -0.140. The summed E-state index contributed by atoms with van der Waals surface area (Å²) in [5.74, 6) is -1.08. The highest BCUT2D eigenvalue weighted by molar-refractivity contribution is 7.92. The number of benzene rings is 4. The second-order valence-electron chi connectivity index (χ2n) is 11.7. The van der Waals surface area contributed by atoms with Crippen LogP contribution in [-0.4, -0.2) is 43.3 Å². The van der Waals surface area contributed by atoms with E-state index in [2.05, 4.69) is 5.32 Å². The molecule has 0 spiro atoms. The zero-order valence-electron chi connectivity index (χ0n) is 25.4. The van der Waals surface area contributed by atoms with Gasteiger partial charge in [0.1, 0.15) is 12.6 Å². The normalized spacial score (nSPS) is 12.3. The first-order chi connectivity index (χ1) is 21.6. The molecule has 0 unspecified atom stereocenters. The number of hydrogen-bond acceptors (Lipinski definition) is 4. The predicted octanol–water partition coefficient (Wildman–Crippen LogP) is 8.05. The van der Waals surface area contributed by atoms with Gasteiger partial charge in [0.2, 0.25) is 11.8 Å². The third kappa shape index (κ3) is 9.39. The second kappa shape index (κ2) is 15.1. The van der Waals surface area contributed by atoms with Crippen molar-refractivity contribution in [3.05, 3.63) is 128 Å². The number of carbonyl (C=O) groups is 2. The topological polar surface area (TPSA) is 86.8 Å². The molecule has 0 aliphatic heterocycles. The van der Waals surface area contributed by atoms with Gasteiger partial charge in [0.05, 0.1) is 10.6 Å². The van der Waals surface area contributed by atoms with Crippen molar-refractivity contribution in [2.24, 2.45) is 0 Å². The molecule has 0 fully saturated rings. The van der Waals surface area contributed by atoms with Gasteiger partial charge in [-0.05, 0) is 74.4 Å². The molecule has 4 aromatic rings. The molecule has 46 heavy (non-hydrogen) atoms. The molecule has 0 radical (unpaired) electrons. The maximum atomic E-state index is 14.6. The molecule has 242 valence electrons. The van der Waals surface area contributed by atoms with Gasteiger partial charge in [-0.3, -0.25) is 13.9 Å². The van der Waals surface area contributed by atoms with E-state index in [-0.39, 0.29) is 38.6 Å². The Morgan fingerprint density at radius 2 is 1.37 bits per heavy atom. The summed E-state index contributed by atoms with van der Waals surface area (Å²) in [6, 6.07) is 25.0.